The Bertz CT molecular complexity index is 1030. The Labute approximate surface area is 155 Å². The van der Waals surface area contributed by atoms with Crippen molar-refractivity contribution in [3.63, 3.8) is 0 Å². The summed E-state index contributed by atoms with van der Waals surface area (Å²) in [5, 5.41) is 21.3. The van der Waals surface area contributed by atoms with Gasteiger partial charge in [-0.15, -0.1) is 5.10 Å². The molecule has 0 radical (unpaired) electrons. The lowest BCUT2D eigenvalue weighted by Gasteiger charge is -2.05. The lowest BCUT2D eigenvalue weighted by atomic mass is 10.0. The summed E-state index contributed by atoms with van der Waals surface area (Å²) in [6, 6.07) is 10.3. The molecular formula is C19H18N4O4. The van der Waals surface area contributed by atoms with Gasteiger partial charge in [0.05, 0.1) is 11.3 Å². The monoisotopic (exact) mass is 366 g/mol. The van der Waals surface area contributed by atoms with Gasteiger partial charge in [0.25, 0.3) is 11.6 Å². The molecule has 1 aromatic heterocycles. The first-order valence-electron chi connectivity index (χ1n) is 8.29. The quantitative estimate of drug-likeness (QED) is 0.544. The zero-order chi connectivity index (χ0) is 19.6. The average molecular weight is 366 g/mol. The van der Waals surface area contributed by atoms with Gasteiger partial charge in [-0.2, -0.15) is 0 Å². The summed E-state index contributed by atoms with van der Waals surface area (Å²) in [6.45, 7) is 5.55. The van der Waals surface area contributed by atoms with Gasteiger partial charge in [0.1, 0.15) is 0 Å². The highest BCUT2D eigenvalue weighted by molar-refractivity contribution is 6.04. The van der Waals surface area contributed by atoms with Crippen LogP contribution in [0.5, 0.6) is 0 Å². The van der Waals surface area contributed by atoms with Crippen LogP contribution < -0.4 is 5.32 Å². The highest BCUT2D eigenvalue weighted by Crippen LogP contribution is 2.22. The van der Waals surface area contributed by atoms with Crippen LogP contribution >= 0.6 is 0 Å². The summed E-state index contributed by atoms with van der Waals surface area (Å²) in [4.78, 5) is 22.9. The number of nitro benzene ring substituents is 1. The predicted molar refractivity (Wildman–Crippen MR) is 98.8 cm³/mol. The Morgan fingerprint density at radius 3 is 2.67 bits per heavy atom. The zero-order valence-corrected chi connectivity index (χ0v) is 15.1. The minimum Gasteiger partial charge on any atom is -0.407 e. The second-order valence-corrected chi connectivity index (χ2v) is 6.27. The first-order valence-corrected chi connectivity index (χ1v) is 8.29. The molecule has 8 heteroatoms. The molecule has 0 atom stereocenters. The van der Waals surface area contributed by atoms with Crippen LogP contribution in [0.25, 0.3) is 0 Å². The molecule has 0 saturated carbocycles. The molecule has 2 aromatic carbocycles. The van der Waals surface area contributed by atoms with E-state index >= 15 is 0 Å². The molecule has 0 spiro atoms. The van der Waals surface area contributed by atoms with Crippen LogP contribution in [-0.4, -0.2) is 21.0 Å². The lowest BCUT2D eigenvalue weighted by molar-refractivity contribution is -0.385. The van der Waals surface area contributed by atoms with Gasteiger partial charge < -0.3 is 4.42 Å². The van der Waals surface area contributed by atoms with Crippen LogP contribution in [0.4, 0.5) is 11.7 Å². The molecule has 1 N–H and O–H groups in total. The molecule has 8 nitrogen and oxygen atoms in total. The Hall–Kier alpha value is -3.55. The second kappa shape index (κ2) is 7.36. The number of amides is 1. The maximum absolute atomic E-state index is 12.4. The van der Waals surface area contributed by atoms with Crippen LogP contribution in [0, 0.1) is 30.9 Å². The van der Waals surface area contributed by atoms with Crippen molar-refractivity contribution in [1.82, 2.24) is 10.2 Å². The molecule has 0 saturated heterocycles. The van der Waals surface area contributed by atoms with Crippen LogP contribution in [0.3, 0.4) is 0 Å². The predicted octanol–water partition coefficient (Wildman–Crippen LogP) is 3.75. The Morgan fingerprint density at radius 1 is 1.19 bits per heavy atom. The largest absolute Gasteiger partial charge is 0.407 e. The van der Waals surface area contributed by atoms with Crippen LogP contribution in [0.1, 0.15) is 38.5 Å². The minimum atomic E-state index is -0.544. The topological polar surface area (TPSA) is 111 Å². The third-order valence-corrected chi connectivity index (χ3v) is 4.27. The number of nitro groups is 1. The third-order valence-electron chi connectivity index (χ3n) is 4.27. The molecule has 138 valence electrons. The van der Waals surface area contributed by atoms with Crippen molar-refractivity contribution >= 4 is 17.6 Å². The Kier molecular flexibility index (Phi) is 4.98. The van der Waals surface area contributed by atoms with Crippen molar-refractivity contribution in [2.75, 3.05) is 5.32 Å². The number of nitrogens with one attached hydrogen (secondary N) is 1. The average Bonchev–Trinajstić information content (AvgIpc) is 3.04. The molecule has 0 bridgehead atoms. The summed E-state index contributed by atoms with van der Waals surface area (Å²) >= 11 is 0. The number of hydrogen-bond acceptors (Lipinski definition) is 6. The lowest BCUT2D eigenvalue weighted by Crippen LogP contribution is -2.14. The van der Waals surface area contributed by atoms with Gasteiger partial charge in [0.15, 0.2) is 0 Å². The summed E-state index contributed by atoms with van der Waals surface area (Å²) < 4.78 is 5.49. The maximum Gasteiger partial charge on any atom is 0.322 e. The van der Waals surface area contributed by atoms with E-state index in [0.717, 1.165) is 11.1 Å². The van der Waals surface area contributed by atoms with Gasteiger partial charge in [-0.25, -0.2) is 0 Å². The number of nitrogens with zero attached hydrogens (tertiary/aromatic N) is 3. The van der Waals surface area contributed by atoms with Crippen LogP contribution in [0.15, 0.2) is 40.8 Å². The fourth-order valence-electron chi connectivity index (χ4n) is 2.81. The van der Waals surface area contributed by atoms with Crippen LogP contribution in [0.2, 0.25) is 0 Å². The number of carbonyl (C=O) groups is 1. The van der Waals surface area contributed by atoms with Crippen molar-refractivity contribution in [2.24, 2.45) is 0 Å². The second-order valence-electron chi connectivity index (χ2n) is 6.27. The fourth-order valence-corrected chi connectivity index (χ4v) is 2.81. The van der Waals surface area contributed by atoms with E-state index in [1.807, 2.05) is 26.0 Å². The van der Waals surface area contributed by atoms with Gasteiger partial charge >= 0.3 is 6.01 Å². The van der Waals surface area contributed by atoms with Gasteiger partial charge in [0, 0.05) is 17.2 Å². The normalized spacial score (nSPS) is 10.6. The molecule has 0 fully saturated rings. The molecule has 0 aliphatic rings. The van der Waals surface area contributed by atoms with Crippen molar-refractivity contribution in [1.29, 1.82) is 0 Å². The number of carbonyl (C=O) groups excluding carboxylic acids is 1. The van der Waals surface area contributed by atoms with Crippen molar-refractivity contribution in [3.05, 3.63) is 80.2 Å². The van der Waals surface area contributed by atoms with Gasteiger partial charge in [-0.1, -0.05) is 34.9 Å². The standard InChI is InChI=1S/C19H18N4O4/c1-11-7-8-14(12(2)9-11)10-17-21-22-19(27-17)20-18(24)15-5-4-6-16(13(15)3)23(25)26/h4-9H,10H2,1-3H3,(H,20,22,24). The zero-order valence-electron chi connectivity index (χ0n) is 15.1. The number of anilines is 1. The van der Waals surface area contributed by atoms with Gasteiger partial charge in [0.2, 0.25) is 5.89 Å². The van der Waals surface area contributed by atoms with Gasteiger partial charge in [-0.3, -0.25) is 20.2 Å². The van der Waals surface area contributed by atoms with E-state index < -0.39 is 10.8 Å². The van der Waals surface area contributed by atoms with E-state index in [0.29, 0.717) is 12.3 Å². The SMILES string of the molecule is Cc1ccc(Cc2nnc(NC(=O)c3cccc([N+](=O)[O-])c3C)o2)c(C)c1. The van der Waals surface area contributed by atoms with Crippen molar-refractivity contribution < 1.29 is 14.1 Å². The molecule has 1 heterocycles. The molecule has 3 rings (SSSR count). The molecular weight excluding hydrogens is 348 g/mol. The summed E-state index contributed by atoms with van der Waals surface area (Å²) in [5.74, 6) is -0.175. The molecule has 0 aliphatic carbocycles. The smallest absolute Gasteiger partial charge is 0.322 e. The highest BCUT2D eigenvalue weighted by atomic mass is 16.6. The summed E-state index contributed by atoms with van der Waals surface area (Å²) in [7, 11) is 0. The van der Waals surface area contributed by atoms with E-state index in [-0.39, 0.29) is 22.8 Å². The summed E-state index contributed by atoms with van der Waals surface area (Å²) in [6.07, 6.45) is 0.449. The maximum atomic E-state index is 12.4. The number of benzene rings is 2. The van der Waals surface area contributed by atoms with E-state index in [1.165, 1.54) is 30.7 Å². The summed E-state index contributed by atoms with van der Waals surface area (Å²) in [5.41, 5.74) is 3.67. The van der Waals surface area contributed by atoms with E-state index in [1.54, 1.807) is 0 Å². The van der Waals surface area contributed by atoms with Crippen molar-refractivity contribution in [2.45, 2.75) is 27.2 Å². The number of aromatic nitrogens is 2. The molecule has 27 heavy (non-hydrogen) atoms. The molecule has 3 aromatic rings. The number of hydrogen-bond donors (Lipinski definition) is 1. The fraction of sp³-hybridized carbons (Fsp3) is 0.211. The van der Waals surface area contributed by atoms with Crippen LogP contribution in [-0.2, 0) is 6.42 Å². The highest BCUT2D eigenvalue weighted by Gasteiger charge is 2.19. The number of aryl methyl sites for hydroxylation is 2. The third kappa shape index (κ3) is 4.00. The molecule has 0 unspecified atom stereocenters. The van der Waals surface area contributed by atoms with E-state index in [4.69, 9.17) is 4.42 Å². The molecule has 1 amide bonds. The molecule has 0 aliphatic heterocycles. The Balaban J connectivity index is 1.75. The minimum absolute atomic E-state index is 0.0503. The van der Waals surface area contributed by atoms with Gasteiger partial charge in [-0.05, 0) is 38.0 Å². The van der Waals surface area contributed by atoms with E-state index in [2.05, 4.69) is 21.6 Å². The number of rotatable bonds is 5. The van der Waals surface area contributed by atoms with Crippen molar-refractivity contribution in [3.8, 4) is 0 Å². The first-order chi connectivity index (χ1) is 12.8. The van der Waals surface area contributed by atoms with E-state index in [9.17, 15) is 14.9 Å². The first kappa shape index (κ1) is 18.2. The Morgan fingerprint density at radius 2 is 1.96 bits per heavy atom.